The fourth-order valence-electron chi connectivity index (χ4n) is 1.88. The van der Waals surface area contributed by atoms with Crippen molar-refractivity contribution >= 4 is 45.0 Å². The van der Waals surface area contributed by atoms with Crippen LogP contribution in [0.25, 0.3) is 0 Å². The van der Waals surface area contributed by atoms with Gasteiger partial charge in [0.25, 0.3) is 0 Å². The fraction of sp³-hybridized carbons (Fsp3) is 0.562. The zero-order valence-electron chi connectivity index (χ0n) is 13.8. The van der Waals surface area contributed by atoms with E-state index in [0.717, 1.165) is 9.37 Å². The van der Waals surface area contributed by atoms with Crippen molar-refractivity contribution in [2.45, 2.75) is 44.0 Å². The Morgan fingerprint density at radius 3 is 2.39 bits per heavy atom. The molecule has 23 heavy (non-hydrogen) atoms. The summed E-state index contributed by atoms with van der Waals surface area (Å²) in [5.74, 6) is 0.712. The van der Waals surface area contributed by atoms with Crippen molar-refractivity contribution in [3.63, 3.8) is 0 Å². The minimum Gasteiger partial charge on any atom is -0.349 e. The number of hydrogen-bond donors (Lipinski definition) is 2. The monoisotopic (exact) mass is 424 g/mol. The molecule has 2 unspecified atom stereocenters. The lowest BCUT2D eigenvalue weighted by molar-refractivity contribution is -0.123. The number of nitrogens with one attached hydrogen (secondary N) is 1. The van der Waals surface area contributed by atoms with Crippen LogP contribution in [0.1, 0.15) is 33.6 Å². The zero-order chi connectivity index (χ0) is 16.8. The van der Waals surface area contributed by atoms with Crippen LogP contribution in [0.3, 0.4) is 0 Å². The van der Waals surface area contributed by atoms with E-state index in [2.05, 4.69) is 21.2 Å². The molecule has 1 aromatic rings. The van der Waals surface area contributed by atoms with Gasteiger partial charge < -0.3 is 11.1 Å². The van der Waals surface area contributed by atoms with Crippen LogP contribution in [-0.2, 0) is 15.6 Å². The lowest BCUT2D eigenvalue weighted by atomic mass is 9.88. The highest BCUT2D eigenvalue weighted by atomic mass is 79.9. The molecular formula is C16H26BrClN2O2S. The van der Waals surface area contributed by atoms with Crippen molar-refractivity contribution < 1.29 is 9.00 Å². The molecule has 2 atom stereocenters. The fourth-order valence-corrected chi connectivity index (χ4v) is 3.23. The number of rotatable bonds is 8. The summed E-state index contributed by atoms with van der Waals surface area (Å²) in [4.78, 5) is 12.8. The van der Waals surface area contributed by atoms with Crippen molar-refractivity contribution in [3.05, 3.63) is 28.7 Å². The first-order chi connectivity index (χ1) is 10.3. The number of carbonyl (C=O) groups excluding carboxylic acids is 1. The van der Waals surface area contributed by atoms with Crippen LogP contribution in [0, 0.1) is 5.92 Å². The summed E-state index contributed by atoms with van der Waals surface area (Å²) in [5, 5.41) is 2.99. The van der Waals surface area contributed by atoms with Gasteiger partial charge in [-0.3, -0.25) is 9.00 Å². The predicted molar refractivity (Wildman–Crippen MR) is 102 cm³/mol. The molecule has 0 aliphatic heterocycles. The largest absolute Gasteiger partial charge is 0.349 e. The van der Waals surface area contributed by atoms with Crippen LogP contribution in [0.4, 0.5) is 0 Å². The molecule has 1 amide bonds. The van der Waals surface area contributed by atoms with Crippen molar-refractivity contribution in [1.29, 1.82) is 0 Å². The minimum atomic E-state index is -1.07. The Balaban J connectivity index is 0.00000484. The first-order valence-corrected chi connectivity index (χ1v) is 9.54. The molecular weight excluding hydrogens is 400 g/mol. The van der Waals surface area contributed by atoms with Crippen LogP contribution >= 0.6 is 28.3 Å². The van der Waals surface area contributed by atoms with Crippen molar-refractivity contribution in [3.8, 4) is 0 Å². The maximum atomic E-state index is 12.1. The lowest BCUT2D eigenvalue weighted by Crippen LogP contribution is -2.55. The summed E-state index contributed by atoms with van der Waals surface area (Å²) in [6.45, 7) is 6.43. The van der Waals surface area contributed by atoms with Gasteiger partial charge in [-0.1, -0.05) is 29.8 Å². The Morgan fingerprint density at radius 1 is 1.35 bits per heavy atom. The van der Waals surface area contributed by atoms with Crippen LogP contribution in [-0.4, -0.2) is 28.0 Å². The van der Waals surface area contributed by atoms with E-state index in [-0.39, 0.29) is 29.8 Å². The summed E-state index contributed by atoms with van der Waals surface area (Å²) >= 11 is 3.35. The molecule has 7 heteroatoms. The number of nitrogens with two attached hydrogens (primary N) is 1. The normalized spacial score (nSPS) is 14.7. The van der Waals surface area contributed by atoms with E-state index in [1.807, 2.05) is 45.0 Å². The predicted octanol–water partition coefficient (Wildman–Crippen LogP) is 3.25. The zero-order valence-corrected chi connectivity index (χ0v) is 17.0. The molecule has 0 heterocycles. The second kappa shape index (κ2) is 10.4. The highest BCUT2D eigenvalue weighted by molar-refractivity contribution is 9.10. The first kappa shape index (κ1) is 22.6. The molecule has 0 spiro atoms. The van der Waals surface area contributed by atoms with Gasteiger partial charge in [0.05, 0.1) is 16.3 Å². The number of carbonyl (C=O) groups is 1. The summed E-state index contributed by atoms with van der Waals surface area (Å²) in [6.07, 6.45) is 0.956. The Morgan fingerprint density at radius 2 is 1.91 bits per heavy atom. The quantitative estimate of drug-likeness (QED) is 0.671. The molecule has 0 saturated carbocycles. The van der Waals surface area contributed by atoms with E-state index in [1.54, 1.807) is 0 Å². The highest BCUT2D eigenvalue weighted by Gasteiger charge is 2.28. The number of amides is 1. The average Bonchev–Trinajstić information content (AvgIpc) is 2.47. The Bertz CT molecular complexity index is 525. The molecule has 0 fully saturated rings. The maximum Gasteiger partial charge on any atom is 0.220 e. The van der Waals surface area contributed by atoms with Gasteiger partial charge in [0.2, 0.25) is 5.91 Å². The van der Waals surface area contributed by atoms with Gasteiger partial charge in [-0.2, -0.15) is 0 Å². The van der Waals surface area contributed by atoms with E-state index in [4.69, 9.17) is 5.73 Å². The van der Waals surface area contributed by atoms with Gasteiger partial charge in [-0.15, -0.1) is 12.4 Å². The highest BCUT2D eigenvalue weighted by Crippen LogP contribution is 2.16. The summed E-state index contributed by atoms with van der Waals surface area (Å²) in [7, 11) is -1.07. The van der Waals surface area contributed by atoms with Gasteiger partial charge in [-0.25, -0.2) is 0 Å². The number of halogens is 2. The van der Waals surface area contributed by atoms with Crippen molar-refractivity contribution in [2.24, 2.45) is 11.7 Å². The molecule has 1 rings (SSSR count). The van der Waals surface area contributed by atoms with Crippen LogP contribution in [0.2, 0.25) is 0 Å². The third-order valence-electron chi connectivity index (χ3n) is 3.93. The summed E-state index contributed by atoms with van der Waals surface area (Å²) in [5.41, 5.74) is 5.37. The van der Waals surface area contributed by atoms with Gasteiger partial charge in [0, 0.05) is 28.1 Å². The van der Waals surface area contributed by atoms with Gasteiger partial charge in [0.1, 0.15) is 0 Å². The molecule has 0 aliphatic carbocycles. The Labute approximate surface area is 156 Å². The van der Waals surface area contributed by atoms with Crippen LogP contribution in [0.15, 0.2) is 33.6 Å². The van der Waals surface area contributed by atoms with E-state index in [1.165, 1.54) is 0 Å². The van der Waals surface area contributed by atoms with E-state index in [0.29, 0.717) is 25.1 Å². The van der Waals surface area contributed by atoms with Gasteiger partial charge in [-0.05, 0) is 43.5 Å². The molecule has 1 aromatic carbocycles. The second-order valence-electron chi connectivity index (χ2n) is 5.93. The maximum absolute atomic E-state index is 12.1. The van der Waals surface area contributed by atoms with Crippen LogP contribution < -0.4 is 11.1 Å². The third-order valence-corrected chi connectivity index (χ3v) is 5.92. The summed E-state index contributed by atoms with van der Waals surface area (Å²) < 4.78 is 13.1. The van der Waals surface area contributed by atoms with Gasteiger partial charge in [0.15, 0.2) is 0 Å². The Kier molecular flexibility index (Phi) is 10.2. The molecule has 0 aromatic heterocycles. The first-order valence-electron chi connectivity index (χ1n) is 7.43. The average molecular weight is 426 g/mol. The second-order valence-corrected chi connectivity index (χ2v) is 8.42. The van der Waals surface area contributed by atoms with E-state index in [9.17, 15) is 9.00 Å². The third kappa shape index (κ3) is 7.33. The molecule has 4 nitrogen and oxygen atoms in total. The van der Waals surface area contributed by atoms with E-state index < -0.39 is 10.8 Å². The van der Waals surface area contributed by atoms with Crippen molar-refractivity contribution in [2.75, 3.05) is 12.3 Å². The Hall–Kier alpha value is -0.430. The summed E-state index contributed by atoms with van der Waals surface area (Å²) in [6, 6.07) is 7.42. The number of benzene rings is 1. The molecule has 3 N–H and O–H groups in total. The topological polar surface area (TPSA) is 72.2 Å². The SMILES string of the molecule is CC(C)C(C)(CN)NC(=O)CCCS(=O)c1ccc(Br)cc1.Cl. The number of hydrogen-bond acceptors (Lipinski definition) is 3. The molecule has 0 radical (unpaired) electrons. The minimum absolute atomic E-state index is 0. The molecule has 132 valence electrons. The van der Waals surface area contributed by atoms with Crippen molar-refractivity contribution in [1.82, 2.24) is 5.32 Å². The van der Waals surface area contributed by atoms with E-state index >= 15 is 0 Å². The lowest BCUT2D eigenvalue weighted by Gasteiger charge is -2.33. The standard InChI is InChI=1S/C16H25BrN2O2S.ClH/c1-12(2)16(3,11-18)19-15(20)5-4-10-22(21)14-8-6-13(17)7-9-14;/h6-9,12H,4-5,10-11,18H2,1-3H3,(H,19,20);1H. The van der Waals surface area contributed by atoms with Gasteiger partial charge >= 0.3 is 0 Å². The molecule has 0 aliphatic rings. The smallest absolute Gasteiger partial charge is 0.220 e. The molecule has 0 saturated heterocycles. The van der Waals surface area contributed by atoms with Crippen LogP contribution in [0.5, 0.6) is 0 Å². The molecule has 0 bridgehead atoms.